The van der Waals surface area contributed by atoms with Gasteiger partial charge in [-0.3, -0.25) is 0 Å². The van der Waals surface area contributed by atoms with Gasteiger partial charge in [-0.2, -0.15) is 0 Å². The van der Waals surface area contributed by atoms with E-state index in [-0.39, 0.29) is 71.1 Å². The molecule has 3 nitrogen and oxygen atoms in total. The first-order valence-electron chi connectivity index (χ1n) is 23.7. The van der Waals surface area contributed by atoms with Crippen molar-refractivity contribution in [1.29, 1.82) is 0 Å². The van der Waals surface area contributed by atoms with Crippen LogP contribution in [0.3, 0.4) is 0 Å². The quantitative estimate of drug-likeness (QED) is 0.152. The minimum atomic E-state index is 0. The Kier molecular flexibility index (Phi) is 17.0. The van der Waals surface area contributed by atoms with E-state index in [4.69, 9.17) is 15.0 Å². The fourth-order valence-electron chi connectivity index (χ4n) is 8.44. The van der Waals surface area contributed by atoms with Crippen molar-refractivity contribution in [3.05, 3.63) is 133 Å². The second-order valence-electron chi connectivity index (χ2n) is 25.0. The van der Waals surface area contributed by atoms with Crippen LogP contribution in [0, 0.1) is 38.6 Å². The van der Waals surface area contributed by atoms with Crippen molar-refractivity contribution in [2.75, 3.05) is 0 Å². The minimum absolute atomic E-state index is 0. The fourth-order valence-corrected chi connectivity index (χ4v) is 11.7. The van der Waals surface area contributed by atoms with E-state index in [0.29, 0.717) is 0 Å². The molecule has 0 aliphatic heterocycles. The van der Waals surface area contributed by atoms with Gasteiger partial charge in [0.15, 0.2) is 0 Å². The number of aromatic nitrogens is 3. The van der Waals surface area contributed by atoms with Crippen molar-refractivity contribution in [2.24, 2.45) is 0 Å². The average Bonchev–Trinajstić information content (AvgIpc) is 3.90. The Morgan fingerprint density at radius 1 is 0.229 bits per heavy atom. The molecule has 0 bridgehead atoms. The van der Waals surface area contributed by atoms with Gasteiger partial charge < -0.3 is 15.0 Å². The molecule has 0 aliphatic rings. The molecule has 9 rings (SSSR count). The monoisotopic (exact) mass is 1460 g/mol. The maximum absolute atomic E-state index is 4.87. The van der Waals surface area contributed by atoms with Gasteiger partial charge in [0.2, 0.25) is 0 Å². The molecule has 0 amide bonds. The number of fused-ring (bicyclic) bond motifs is 9. The molecule has 0 atom stereocenters. The summed E-state index contributed by atoms with van der Waals surface area (Å²) in [5.41, 5.74) is 14.8. The summed E-state index contributed by atoms with van der Waals surface area (Å²) in [5, 5.41) is 7.37. The molecule has 0 fully saturated rings. The molecular weight excluding hydrogens is 1400 g/mol. The Morgan fingerprint density at radius 2 is 0.343 bits per heavy atom. The summed E-state index contributed by atoms with van der Waals surface area (Å²) in [6.45, 7) is 40.4. The van der Waals surface area contributed by atoms with Crippen LogP contribution in [0.15, 0.2) is 99.6 Å². The van der Waals surface area contributed by atoms with Gasteiger partial charge in [0, 0.05) is 26.8 Å². The Bertz CT molecular complexity index is 2870. The predicted octanol–water partition coefficient (Wildman–Crippen LogP) is 21.2. The third kappa shape index (κ3) is 12.1. The molecular formula is C60H66Br6N3Tb. The summed E-state index contributed by atoms with van der Waals surface area (Å²) in [5.74, 6) is 0. The molecule has 0 N–H and O–H groups in total. The third-order valence-corrected chi connectivity index (χ3v) is 16.7. The molecule has 3 heterocycles. The maximum atomic E-state index is 4.87. The first-order valence-corrected chi connectivity index (χ1v) is 28.4. The molecule has 9 aromatic rings. The summed E-state index contributed by atoms with van der Waals surface area (Å²) in [6.07, 6.45) is 0. The number of rotatable bonds is 0. The zero-order chi connectivity index (χ0) is 51.5. The van der Waals surface area contributed by atoms with E-state index in [2.05, 4.69) is 293 Å². The molecule has 0 unspecified atom stereocenters. The largest absolute Gasteiger partial charge is 3.00 e. The van der Waals surface area contributed by atoms with Gasteiger partial charge in [-0.25, -0.2) is 0 Å². The number of hydrogen-bond acceptors (Lipinski definition) is 0. The van der Waals surface area contributed by atoms with Crippen LogP contribution >= 0.6 is 95.6 Å². The van der Waals surface area contributed by atoms with E-state index < -0.39 is 0 Å². The zero-order valence-corrected chi connectivity index (χ0v) is 55.5. The number of nitrogens with zero attached hydrogens (tertiary/aromatic N) is 3. The number of hydrogen-bond donors (Lipinski definition) is 0. The van der Waals surface area contributed by atoms with Crippen LogP contribution in [0.25, 0.3) is 65.4 Å². The van der Waals surface area contributed by atoms with Gasteiger partial charge in [0.05, 0.1) is 0 Å². The number of halogens is 6. The minimum Gasteiger partial charge on any atom is -0.655 e. The van der Waals surface area contributed by atoms with Crippen LogP contribution in [0.2, 0.25) is 0 Å². The van der Waals surface area contributed by atoms with Crippen molar-refractivity contribution in [3.63, 3.8) is 0 Å². The van der Waals surface area contributed by atoms with E-state index >= 15 is 0 Å². The average molecular weight is 1470 g/mol. The van der Waals surface area contributed by atoms with Crippen LogP contribution in [-0.4, -0.2) is 0 Å². The molecule has 70 heavy (non-hydrogen) atoms. The normalized spacial score (nSPS) is 13.0. The molecule has 0 radical (unpaired) electrons. The first-order chi connectivity index (χ1) is 31.4. The van der Waals surface area contributed by atoms with Crippen LogP contribution in [0.1, 0.15) is 158 Å². The van der Waals surface area contributed by atoms with Gasteiger partial charge in [-0.05, 0) is 135 Å². The molecule has 6 aromatic carbocycles. The van der Waals surface area contributed by atoms with Gasteiger partial charge >= 0.3 is 38.6 Å². The van der Waals surface area contributed by atoms with Crippen molar-refractivity contribution in [1.82, 2.24) is 15.0 Å². The Hall–Kier alpha value is -1.11. The van der Waals surface area contributed by atoms with E-state index in [1.165, 1.54) is 65.7 Å². The summed E-state index contributed by atoms with van der Waals surface area (Å²) in [7, 11) is 0. The molecule has 372 valence electrons. The van der Waals surface area contributed by atoms with E-state index in [0.717, 1.165) is 59.9 Å². The van der Waals surface area contributed by atoms with E-state index in [1.807, 2.05) is 0 Å². The standard InChI is InChI=1S/3C20H22Br2N.Tb/c3*1-19(2,3)11-7-13-14-8-12(20(4,5)6)10-16(22)18(14)23-17(13)15(21)9-11;/h3*7-10H,1-6H3;/q3*-1;+3. The Labute approximate surface area is 498 Å². The maximum Gasteiger partial charge on any atom is 3.00 e. The van der Waals surface area contributed by atoms with Gasteiger partial charge in [0.25, 0.3) is 0 Å². The summed E-state index contributed by atoms with van der Waals surface area (Å²) in [4.78, 5) is 14.6. The second-order valence-corrected chi connectivity index (χ2v) is 30.1. The molecule has 0 saturated carbocycles. The van der Waals surface area contributed by atoms with Crippen molar-refractivity contribution >= 4 is 161 Å². The van der Waals surface area contributed by atoms with Crippen molar-refractivity contribution in [2.45, 2.75) is 157 Å². The second kappa shape index (κ2) is 20.4. The van der Waals surface area contributed by atoms with Crippen LogP contribution in [-0.2, 0) is 32.5 Å². The summed E-state index contributed by atoms with van der Waals surface area (Å²) in [6, 6.07) is 27.0. The predicted molar refractivity (Wildman–Crippen MR) is 323 cm³/mol. The van der Waals surface area contributed by atoms with Crippen LogP contribution in [0.5, 0.6) is 0 Å². The van der Waals surface area contributed by atoms with Gasteiger partial charge in [-0.1, -0.05) is 257 Å². The first kappa shape index (κ1) is 58.2. The smallest absolute Gasteiger partial charge is 0.655 e. The van der Waals surface area contributed by atoms with E-state index in [1.54, 1.807) is 0 Å². The Morgan fingerprint density at radius 3 is 0.443 bits per heavy atom. The van der Waals surface area contributed by atoms with Gasteiger partial charge in [0.1, 0.15) is 0 Å². The van der Waals surface area contributed by atoms with Crippen molar-refractivity contribution in [3.8, 4) is 0 Å². The molecule has 3 aromatic heterocycles. The van der Waals surface area contributed by atoms with Crippen LogP contribution < -0.4 is 15.0 Å². The molecule has 0 saturated heterocycles. The molecule has 10 heteroatoms. The molecule has 0 spiro atoms. The molecule has 0 aliphatic carbocycles. The third-order valence-electron chi connectivity index (χ3n) is 13.1. The fraction of sp³-hybridized carbons (Fsp3) is 0.400. The zero-order valence-electron chi connectivity index (χ0n) is 43.9. The van der Waals surface area contributed by atoms with Crippen LogP contribution in [0.4, 0.5) is 0 Å². The summed E-state index contributed by atoms with van der Waals surface area (Å²) >= 11 is 22.3. The SMILES string of the molecule is CC(C)(C)c1cc(Br)c2[n-]c3c(Br)cc(C(C)(C)C)cc3c2c1.CC(C)(C)c1cc(Br)c2[n-]c3c(Br)cc(C(C)(C)C)cc3c2c1.CC(C)(C)c1cc(Br)c2[n-]c3c(Br)cc(C(C)(C)C)cc3c2c1.[Tb+3]. The van der Waals surface area contributed by atoms with E-state index in [9.17, 15) is 0 Å². The van der Waals surface area contributed by atoms with Gasteiger partial charge in [-0.15, -0.1) is 33.1 Å². The topological polar surface area (TPSA) is 42.3 Å². The number of benzene rings is 6. The summed E-state index contributed by atoms with van der Waals surface area (Å²) < 4.78 is 6.42. The Balaban J connectivity index is 0.000000171. The van der Waals surface area contributed by atoms with Crippen molar-refractivity contribution < 1.29 is 38.6 Å².